The number of hydrogen-bond donors (Lipinski definition) is 3. The number of rotatable bonds is 73. The summed E-state index contributed by atoms with van der Waals surface area (Å²) >= 11 is 0. The van der Waals surface area contributed by atoms with E-state index in [9.17, 15) is 43.2 Å². The molecule has 19 heteroatoms. The molecule has 0 radical (unpaired) electrons. The Morgan fingerprint density at radius 2 is 0.495 bits per heavy atom. The zero-order valence-electron chi connectivity index (χ0n) is 60.6. The predicted octanol–water partition coefficient (Wildman–Crippen LogP) is 21.6. The molecule has 2 unspecified atom stereocenters. The van der Waals surface area contributed by atoms with Gasteiger partial charge in [-0.3, -0.25) is 37.3 Å². The van der Waals surface area contributed by atoms with Crippen LogP contribution in [0.1, 0.15) is 382 Å². The molecule has 0 saturated heterocycles. The minimum atomic E-state index is -4.95. The third kappa shape index (κ3) is 68.4. The predicted molar refractivity (Wildman–Crippen MR) is 377 cm³/mol. The van der Waals surface area contributed by atoms with Gasteiger partial charge in [-0.2, -0.15) is 0 Å². The highest BCUT2D eigenvalue weighted by Crippen LogP contribution is 2.45. The van der Waals surface area contributed by atoms with Gasteiger partial charge in [-0.05, 0) is 37.5 Å². The monoisotopic (exact) mass is 1370 g/mol. The molecule has 0 aliphatic carbocycles. The highest BCUT2D eigenvalue weighted by Gasteiger charge is 2.30. The van der Waals surface area contributed by atoms with Crippen LogP contribution in [0.2, 0.25) is 0 Å². The molecule has 0 aromatic carbocycles. The van der Waals surface area contributed by atoms with Crippen molar-refractivity contribution in [3.05, 3.63) is 0 Å². The lowest BCUT2D eigenvalue weighted by atomic mass is 10.0. The van der Waals surface area contributed by atoms with Gasteiger partial charge in [-0.25, -0.2) is 9.13 Å². The van der Waals surface area contributed by atoms with Gasteiger partial charge >= 0.3 is 39.5 Å². The van der Waals surface area contributed by atoms with Crippen LogP contribution in [0.4, 0.5) is 0 Å². The summed E-state index contributed by atoms with van der Waals surface area (Å²) in [7, 11) is -9.90. The Morgan fingerprint density at radius 1 is 0.290 bits per heavy atom. The first-order chi connectivity index (χ1) is 44.9. The van der Waals surface area contributed by atoms with Gasteiger partial charge in [0.15, 0.2) is 12.2 Å². The maximum Gasteiger partial charge on any atom is 0.472 e. The summed E-state index contributed by atoms with van der Waals surface area (Å²) in [6.07, 6.45) is 52.8. The van der Waals surface area contributed by atoms with Crippen LogP contribution in [0.5, 0.6) is 0 Å². The zero-order valence-corrected chi connectivity index (χ0v) is 62.3. The van der Waals surface area contributed by atoms with Crippen LogP contribution in [0.25, 0.3) is 0 Å². The van der Waals surface area contributed by atoms with Crippen LogP contribution < -0.4 is 0 Å². The highest BCUT2D eigenvalue weighted by molar-refractivity contribution is 7.47. The summed E-state index contributed by atoms with van der Waals surface area (Å²) in [6.45, 7) is 9.53. The molecule has 3 N–H and O–H groups in total. The molecular weight excluding hydrogens is 1220 g/mol. The molecule has 5 atom stereocenters. The Morgan fingerprint density at radius 3 is 0.731 bits per heavy atom. The fourth-order valence-electron chi connectivity index (χ4n) is 11.3. The first-order valence-corrected chi connectivity index (χ1v) is 41.5. The van der Waals surface area contributed by atoms with Crippen LogP contribution in [0.3, 0.4) is 0 Å². The highest BCUT2D eigenvalue weighted by atomic mass is 31.2. The second-order valence-corrected chi connectivity index (χ2v) is 30.5. The third-order valence-corrected chi connectivity index (χ3v) is 19.1. The van der Waals surface area contributed by atoms with Crippen molar-refractivity contribution in [3.63, 3.8) is 0 Å². The lowest BCUT2D eigenvalue weighted by molar-refractivity contribution is -0.161. The Kier molecular flexibility index (Phi) is 64.6. The number of unbranched alkanes of at least 4 members (excludes halogenated alkanes) is 43. The van der Waals surface area contributed by atoms with E-state index in [-0.39, 0.29) is 25.7 Å². The maximum absolute atomic E-state index is 13.1. The van der Waals surface area contributed by atoms with Gasteiger partial charge in [-0.15, -0.1) is 0 Å². The first kappa shape index (κ1) is 91.1. The van der Waals surface area contributed by atoms with Crippen LogP contribution in [-0.4, -0.2) is 96.7 Å². The number of carbonyl (C=O) groups is 4. The quantitative estimate of drug-likeness (QED) is 0.0222. The number of phosphoric ester groups is 2. The second kappa shape index (κ2) is 66.0. The number of hydrogen-bond acceptors (Lipinski definition) is 15. The topological polar surface area (TPSA) is 237 Å². The molecule has 0 aliphatic heterocycles. The fraction of sp³-hybridized carbons (Fsp3) is 0.946. The first-order valence-electron chi connectivity index (χ1n) is 38.5. The van der Waals surface area contributed by atoms with Gasteiger partial charge in [0.1, 0.15) is 19.3 Å². The summed E-state index contributed by atoms with van der Waals surface area (Å²) in [5, 5.41) is 10.6. The Labute approximate surface area is 568 Å². The van der Waals surface area contributed by atoms with Gasteiger partial charge in [0, 0.05) is 25.7 Å². The van der Waals surface area contributed by atoms with Crippen LogP contribution in [0, 0.1) is 11.8 Å². The normalized spacial score (nSPS) is 14.1. The molecule has 0 aromatic rings. The molecule has 0 heterocycles. The number of aliphatic hydroxyl groups excluding tert-OH is 1. The van der Waals surface area contributed by atoms with Crippen molar-refractivity contribution < 1.29 is 80.2 Å². The Bertz CT molecular complexity index is 1800. The van der Waals surface area contributed by atoms with Crippen molar-refractivity contribution in [2.24, 2.45) is 11.8 Å². The third-order valence-electron chi connectivity index (χ3n) is 17.2. The molecule has 0 fully saturated rings. The SMILES string of the molecule is CCCCCCCCCCCCCCCC(=O)OC[C@H](COP(=O)(O)OC[C@@H](O)COP(=O)(O)OC[C@@H](COC(=O)CCCCCCCCC(C)C)OC(=O)CCCCCCCCCCCCCC)OC(=O)CCCCCCCCCCCCCCCCCCC(C)C. The van der Waals surface area contributed by atoms with E-state index in [1.165, 1.54) is 193 Å². The molecule has 0 rings (SSSR count). The van der Waals surface area contributed by atoms with Crippen molar-refractivity contribution in [2.45, 2.75) is 400 Å². The largest absolute Gasteiger partial charge is 0.472 e. The van der Waals surface area contributed by atoms with Gasteiger partial charge in [0.05, 0.1) is 26.4 Å². The minimum Gasteiger partial charge on any atom is -0.462 e. The number of esters is 4. The van der Waals surface area contributed by atoms with Gasteiger partial charge < -0.3 is 33.8 Å². The molecule has 0 aliphatic rings. The Balaban J connectivity index is 5.21. The van der Waals surface area contributed by atoms with Crippen molar-refractivity contribution >= 4 is 39.5 Å². The van der Waals surface area contributed by atoms with Gasteiger partial charge in [-0.1, -0.05) is 330 Å². The molecule has 17 nitrogen and oxygen atoms in total. The number of aliphatic hydroxyl groups is 1. The lowest BCUT2D eigenvalue weighted by Gasteiger charge is -2.21. The van der Waals surface area contributed by atoms with E-state index in [1.807, 2.05) is 0 Å². The molecule has 0 amide bonds. The van der Waals surface area contributed by atoms with Crippen molar-refractivity contribution in [1.82, 2.24) is 0 Å². The van der Waals surface area contributed by atoms with E-state index < -0.39 is 97.5 Å². The van der Waals surface area contributed by atoms with E-state index in [2.05, 4.69) is 41.5 Å². The van der Waals surface area contributed by atoms with Crippen molar-refractivity contribution in [1.29, 1.82) is 0 Å². The Hall–Kier alpha value is -1.94. The molecule has 93 heavy (non-hydrogen) atoms. The average Bonchev–Trinajstić information content (AvgIpc) is 2.45. The minimum absolute atomic E-state index is 0.106. The average molecular weight is 1370 g/mol. The molecule has 0 bridgehead atoms. The lowest BCUT2D eigenvalue weighted by Crippen LogP contribution is -2.30. The van der Waals surface area contributed by atoms with E-state index in [0.29, 0.717) is 31.6 Å². The van der Waals surface area contributed by atoms with Gasteiger partial charge in [0.25, 0.3) is 0 Å². The second-order valence-electron chi connectivity index (χ2n) is 27.6. The molecular formula is C74H144O17P2. The summed E-state index contributed by atoms with van der Waals surface area (Å²) < 4.78 is 68.4. The molecule has 0 saturated carbocycles. The van der Waals surface area contributed by atoms with Crippen molar-refractivity contribution in [2.75, 3.05) is 39.6 Å². The number of ether oxygens (including phenoxy) is 4. The van der Waals surface area contributed by atoms with E-state index in [0.717, 1.165) is 102 Å². The summed E-state index contributed by atoms with van der Waals surface area (Å²) in [5.41, 5.74) is 0. The number of carbonyl (C=O) groups excluding carboxylic acids is 4. The number of phosphoric acid groups is 2. The van der Waals surface area contributed by atoms with E-state index in [4.69, 9.17) is 37.0 Å². The van der Waals surface area contributed by atoms with Crippen molar-refractivity contribution in [3.8, 4) is 0 Å². The summed E-state index contributed by atoms with van der Waals surface area (Å²) in [6, 6.07) is 0. The maximum atomic E-state index is 13.1. The fourth-order valence-corrected chi connectivity index (χ4v) is 12.9. The van der Waals surface area contributed by atoms with Crippen LogP contribution in [-0.2, 0) is 65.4 Å². The zero-order chi connectivity index (χ0) is 68.6. The van der Waals surface area contributed by atoms with Crippen LogP contribution in [0.15, 0.2) is 0 Å². The van der Waals surface area contributed by atoms with E-state index >= 15 is 0 Å². The van der Waals surface area contributed by atoms with Gasteiger partial charge in [0.2, 0.25) is 0 Å². The molecule has 0 spiro atoms. The summed E-state index contributed by atoms with van der Waals surface area (Å²) in [5.74, 6) is -0.630. The standard InChI is InChI=1S/C74H144O17P2/c1-7-9-11-13-15-17-19-25-30-33-37-44-50-56-71(76)84-62-69(90-74(79)59-53-47-39-35-31-27-24-22-21-23-26-28-32-36-42-48-54-66(3)4)64-88-92(80,81)86-60-68(75)61-87-93(82,83)89-65-70(63-85-72(77)57-51-45-41-40-43-49-55-67(5)6)91-73(78)58-52-46-38-34-29-20-18-16-14-12-10-8-2/h66-70,75H,7-65H2,1-6H3,(H,80,81)(H,82,83)/t68-,69-,70-/m1/s1. The smallest absolute Gasteiger partial charge is 0.462 e. The molecule has 552 valence electrons. The molecule has 0 aromatic heterocycles. The van der Waals surface area contributed by atoms with E-state index in [1.54, 1.807) is 0 Å². The summed E-state index contributed by atoms with van der Waals surface area (Å²) in [4.78, 5) is 72.7. The van der Waals surface area contributed by atoms with Crippen LogP contribution >= 0.6 is 15.6 Å².